The van der Waals surface area contributed by atoms with Crippen LogP contribution >= 0.6 is 15.2 Å². The number of carbonyl (C=O) groups excluding carboxylic acids is 3. The van der Waals surface area contributed by atoms with Crippen LogP contribution in [-0.2, 0) is 52.9 Å². The highest BCUT2D eigenvalue weighted by molar-refractivity contribution is 7.54. The lowest BCUT2D eigenvalue weighted by atomic mass is 10.2. The van der Waals surface area contributed by atoms with E-state index in [1.165, 1.54) is 10.9 Å². The van der Waals surface area contributed by atoms with Crippen molar-refractivity contribution >= 4 is 61.8 Å². The molecule has 0 saturated carbocycles. The van der Waals surface area contributed by atoms with Crippen molar-refractivity contribution in [2.75, 3.05) is 68.8 Å². The second kappa shape index (κ2) is 23.3. The van der Waals surface area contributed by atoms with E-state index in [0.29, 0.717) is 42.9 Å². The van der Waals surface area contributed by atoms with Crippen LogP contribution in [0.15, 0.2) is 6.33 Å². The van der Waals surface area contributed by atoms with Gasteiger partial charge in [0.05, 0.1) is 41.1 Å². The van der Waals surface area contributed by atoms with Gasteiger partial charge in [-0.3, -0.25) is 28.3 Å². The molecule has 2 aromatic rings. The standard InChI is InChI=1S/C39H72N10O11P2/c1-36(2,3)57-61(55,58-37(4,5)6)23-15-28(50)41-18-13-20-43-33-32-34(49(27-45-32)25-30(52)48(22-17-40)26-31(53)54)47-35(46-33)44-21-14-19-42-29(51)16-24-62(56,59-38(7,8)9)60-39(10,11)12/h27H,13-26,40H2,1-12H3,(H,41,50)(H,42,51)(H,53,54)(H2,43,44,46,47). The first-order chi connectivity index (χ1) is 28.4. The van der Waals surface area contributed by atoms with Crippen LogP contribution in [0.1, 0.15) is 109 Å². The molecule has 0 aromatic carbocycles. The van der Waals surface area contributed by atoms with E-state index in [9.17, 15) is 33.4 Å². The van der Waals surface area contributed by atoms with Crippen LogP contribution < -0.4 is 27.0 Å². The Morgan fingerprint density at radius 2 is 1.18 bits per heavy atom. The summed E-state index contributed by atoms with van der Waals surface area (Å²) in [5, 5.41) is 21.3. The Balaban J connectivity index is 2.12. The number of anilines is 2. The number of imidazole rings is 1. The quantitative estimate of drug-likeness (QED) is 0.0537. The average molecular weight is 919 g/mol. The summed E-state index contributed by atoms with van der Waals surface area (Å²) in [5.74, 6) is -1.77. The molecule has 0 atom stereocenters. The zero-order valence-electron chi connectivity index (χ0n) is 38.7. The van der Waals surface area contributed by atoms with Gasteiger partial charge in [-0.15, -0.1) is 0 Å². The third-order valence-corrected chi connectivity index (χ3v) is 12.5. The molecule has 0 bridgehead atoms. The molecule has 21 nitrogen and oxygen atoms in total. The van der Waals surface area contributed by atoms with Gasteiger partial charge in [0, 0.05) is 52.1 Å². The highest BCUT2D eigenvalue weighted by Crippen LogP contribution is 2.55. The highest BCUT2D eigenvalue weighted by atomic mass is 31.2. The molecule has 0 spiro atoms. The van der Waals surface area contributed by atoms with Gasteiger partial charge in [-0.25, -0.2) is 4.98 Å². The van der Waals surface area contributed by atoms with Crippen LogP contribution in [0.25, 0.3) is 11.2 Å². The van der Waals surface area contributed by atoms with E-state index in [2.05, 4.69) is 36.2 Å². The van der Waals surface area contributed by atoms with Crippen molar-refractivity contribution in [2.24, 2.45) is 5.73 Å². The van der Waals surface area contributed by atoms with E-state index in [4.69, 9.17) is 23.8 Å². The zero-order valence-corrected chi connectivity index (χ0v) is 40.5. The summed E-state index contributed by atoms with van der Waals surface area (Å²) in [6.45, 7) is 21.8. The number of nitrogens with zero attached hydrogens (tertiary/aromatic N) is 5. The molecule has 2 heterocycles. The van der Waals surface area contributed by atoms with E-state index in [1.54, 1.807) is 83.1 Å². The van der Waals surface area contributed by atoms with Gasteiger partial charge in [-0.1, -0.05) is 0 Å². The number of aliphatic carboxylic acids is 1. The van der Waals surface area contributed by atoms with Crippen molar-refractivity contribution in [1.82, 2.24) is 35.1 Å². The summed E-state index contributed by atoms with van der Waals surface area (Å²) in [6, 6.07) is 0. The molecule has 0 saturated heterocycles. The summed E-state index contributed by atoms with van der Waals surface area (Å²) >= 11 is 0. The predicted molar refractivity (Wildman–Crippen MR) is 238 cm³/mol. The monoisotopic (exact) mass is 918 g/mol. The molecule has 0 fully saturated rings. The molecule has 7 N–H and O–H groups in total. The van der Waals surface area contributed by atoms with Crippen molar-refractivity contribution in [3.8, 4) is 0 Å². The van der Waals surface area contributed by atoms with Crippen molar-refractivity contribution in [3.05, 3.63) is 6.33 Å². The highest BCUT2D eigenvalue weighted by Gasteiger charge is 2.37. The van der Waals surface area contributed by atoms with Crippen molar-refractivity contribution in [2.45, 2.75) is 138 Å². The number of aromatic nitrogens is 4. The van der Waals surface area contributed by atoms with Crippen LogP contribution in [0.2, 0.25) is 0 Å². The summed E-state index contributed by atoms with van der Waals surface area (Å²) in [4.78, 5) is 64.8. The number of hydrogen-bond acceptors (Lipinski definition) is 16. The SMILES string of the molecule is CC(C)(C)OP(=O)(CCC(=O)NCCCNc1nc(NCCCNC(=O)CCP(=O)(OC(C)(C)C)OC(C)(C)C)c2ncn(CC(=O)N(CCN)CC(=O)O)c2n1)OC(C)(C)C. The minimum absolute atomic E-state index is 0.0445. The van der Waals surface area contributed by atoms with Crippen molar-refractivity contribution in [1.29, 1.82) is 0 Å². The van der Waals surface area contributed by atoms with Crippen molar-refractivity contribution < 1.29 is 51.5 Å². The van der Waals surface area contributed by atoms with Crippen LogP contribution in [-0.4, -0.2) is 134 Å². The van der Waals surface area contributed by atoms with Gasteiger partial charge in [0.2, 0.25) is 23.7 Å². The lowest BCUT2D eigenvalue weighted by Gasteiger charge is -2.32. The van der Waals surface area contributed by atoms with Gasteiger partial charge in [0.25, 0.3) is 0 Å². The van der Waals surface area contributed by atoms with Crippen LogP contribution in [0.5, 0.6) is 0 Å². The molecular formula is C39H72N10O11P2. The molecule has 62 heavy (non-hydrogen) atoms. The number of carbonyl (C=O) groups is 4. The summed E-state index contributed by atoms with van der Waals surface area (Å²) in [6.07, 6.45) is 2.06. The van der Waals surface area contributed by atoms with Crippen molar-refractivity contribution in [3.63, 3.8) is 0 Å². The fraction of sp³-hybridized carbons (Fsp3) is 0.769. The first kappa shape index (κ1) is 54.4. The Hall–Kier alpha value is -3.71. The summed E-state index contributed by atoms with van der Waals surface area (Å²) in [5.41, 5.74) is 3.32. The van der Waals surface area contributed by atoms with Gasteiger partial charge in [0.1, 0.15) is 13.1 Å². The van der Waals surface area contributed by atoms with Gasteiger partial charge in [-0.2, -0.15) is 9.97 Å². The van der Waals surface area contributed by atoms with Crippen LogP contribution in [0.3, 0.4) is 0 Å². The van der Waals surface area contributed by atoms with Crippen LogP contribution in [0, 0.1) is 0 Å². The van der Waals surface area contributed by atoms with Crippen LogP contribution in [0.4, 0.5) is 11.8 Å². The van der Waals surface area contributed by atoms with Gasteiger partial charge < -0.3 is 59.7 Å². The number of nitrogens with one attached hydrogen (secondary N) is 4. The number of nitrogens with two attached hydrogens (primary N) is 1. The Morgan fingerprint density at radius 3 is 1.60 bits per heavy atom. The molecule has 0 aliphatic heterocycles. The first-order valence-electron chi connectivity index (χ1n) is 20.9. The third kappa shape index (κ3) is 22.1. The molecule has 354 valence electrons. The Morgan fingerprint density at radius 1 is 0.726 bits per heavy atom. The van der Waals surface area contributed by atoms with Gasteiger partial charge >= 0.3 is 21.2 Å². The zero-order chi connectivity index (χ0) is 47.2. The second-order valence-corrected chi connectivity index (χ2v) is 22.8. The third-order valence-electron chi connectivity index (χ3n) is 7.65. The Kier molecular flexibility index (Phi) is 20.4. The van der Waals surface area contributed by atoms with E-state index >= 15 is 0 Å². The predicted octanol–water partition coefficient (Wildman–Crippen LogP) is 4.96. The molecule has 0 aliphatic rings. The Bertz CT molecular complexity index is 1860. The van der Waals surface area contributed by atoms with E-state index in [-0.39, 0.29) is 75.7 Å². The number of rotatable bonds is 26. The van der Waals surface area contributed by atoms with E-state index < -0.39 is 56.0 Å². The van der Waals surface area contributed by atoms with Gasteiger partial charge in [-0.05, 0) is 95.9 Å². The summed E-state index contributed by atoms with van der Waals surface area (Å²) in [7, 11) is -7.17. The molecule has 2 aromatic heterocycles. The fourth-order valence-corrected chi connectivity index (χ4v) is 10.4. The molecule has 2 rings (SSSR count). The molecular weight excluding hydrogens is 846 g/mol. The minimum Gasteiger partial charge on any atom is -0.480 e. The minimum atomic E-state index is -3.58. The molecule has 0 unspecified atom stereocenters. The number of carboxylic acids is 1. The number of carboxylic acid groups (broad SMARTS) is 1. The topological polar surface area (TPSA) is 281 Å². The van der Waals surface area contributed by atoms with E-state index in [1.807, 2.05) is 0 Å². The first-order valence-corrected chi connectivity index (χ1v) is 24.3. The maximum atomic E-state index is 13.5. The smallest absolute Gasteiger partial charge is 0.332 e. The molecule has 0 radical (unpaired) electrons. The normalized spacial score (nSPS) is 12.9. The lowest BCUT2D eigenvalue weighted by molar-refractivity contribution is -0.144. The summed E-state index contributed by atoms with van der Waals surface area (Å²) < 4.78 is 51.5. The number of hydrogen-bond donors (Lipinski definition) is 6. The average Bonchev–Trinajstić information content (AvgIpc) is 3.48. The number of amides is 3. The molecule has 3 amide bonds. The number of fused-ring (bicyclic) bond motifs is 1. The molecule has 23 heteroatoms. The largest absolute Gasteiger partial charge is 0.480 e. The molecule has 0 aliphatic carbocycles. The fourth-order valence-electron chi connectivity index (χ4n) is 5.70. The maximum Gasteiger partial charge on any atom is 0.332 e. The van der Waals surface area contributed by atoms with E-state index in [0.717, 1.165) is 4.90 Å². The maximum absolute atomic E-state index is 13.5. The van der Waals surface area contributed by atoms with Gasteiger partial charge in [0.15, 0.2) is 17.0 Å². The lowest BCUT2D eigenvalue weighted by Crippen LogP contribution is -2.40. The Labute approximate surface area is 366 Å². The second-order valence-electron chi connectivity index (χ2n) is 18.7.